The summed E-state index contributed by atoms with van der Waals surface area (Å²) in [6.07, 6.45) is 3.46. The van der Waals surface area contributed by atoms with Gasteiger partial charge in [0.2, 0.25) is 0 Å². The maximum atomic E-state index is 13.2. The lowest BCUT2D eigenvalue weighted by atomic mass is 10.0. The van der Waals surface area contributed by atoms with Crippen LogP contribution >= 0.6 is 11.3 Å². The topological polar surface area (TPSA) is 24.9 Å². The van der Waals surface area contributed by atoms with Crippen LogP contribution < -0.4 is 5.32 Å². The van der Waals surface area contributed by atoms with Crippen LogP contribution in [0.15, 0.2) is 29.9 Å². The van der Waals surface area contributed by atoms with Crippen LogP contribution in [0.25, 0.3) is 0 Å². The highest BCUT2D eigenvalue weighted by Crippen LogP contribution is 2.22. The number of hydrogen-bond donors (Lipinski definition) is 1. The molecule has 2 nitrogen and oxygen atoms in total. The lowest BCUT2D eigenvalue weighted by molar-refractivity contribution is 0.501. The second kappa shape index (κ2) is 6.73. The highest BCUT2D eigenvalue weighted by molar-refractivity contribution is 7.09. The van der Waals surface area contributed by atoms with Crippen LogP contribution in [0.1, 0.15) is 29.8 Å². The van der Waals surface area contributed by atoms with Crippen molar-refractivity contribution in [3.8, 4) is 0 Å². The molecule has 0 aliphatic rings. The predicted molar refractivity (Wildman–Crippen MR) is 73.2 cm³/mol. The minimum Gasteiger partial charge on any atom is -0.309 e. The molecule has 1 unspecified atom stereocenters. The summed E-state index contributed by atoms with van der Waals surface area (Å²) in [6.45, 7) is 2.97. The van der Waals surface area contributed by atoms with Crippen LogP contribution in [0, 0.1) is 11.6 Å². The van der Waals surface area contributed by atoms with E-state index in [2.05, 4.69) is 17.2 Å². The molecule has 2 rings (SSSR count). The van der Waals surface area contributed by atoms with Gasteiger partial charge in [0.15, 0.2) is 11.6 Å². The summed E-state index contributed by atoms with van der Waals surface area (Å²) in [5.74, 6) is -1.60. The first-order valence-electron chi connectivity index (χ1n) is 6.26. The Hall–Kier alpha value is -1.33. The lowest BCUT2D eigenvalue weighted by Gasteiger charge is -2.17. The Labute approximate surface area is 115 Å². The fraction of sp³-hybridized carbons (Fsp3) is 0.357. The maximum absolute atomic E-state index is 13.2. The molecular weight excluding hydrogens is 266 g/mol. The highest BCUT2D eigenvalue weighted by Gasteiger charge is 2.14. The molecule has 1 heterocycles. The zero-order valence-corrected chi connectivity index (χ0v) is 11.5. The van der Waals surface area contributed by atoms with Gasteiger partial charge in [-0.2, -0.15) is 0 Å². The Morgan fingerprint density at radius 3 is 2.79 bits per heavy atom. The van der Waals surface area contributed by atoms with Crippen molar-refractivity contribution in [2.24, 2.45) is 0 Å². The van der Waals surface area contributed by atoms with Gasteiger partial charge in [-0.25, -0.2) is 8.78 Å². The van der Waals surface area contributed by atoms with Gasteiger partial charge in [-0.1, -0.05) is 13.0 Å². The molecular formula is C14H16F2N2S. The first-order valence-corrected chi connectivity index (χ1v) is 7.14. The SMILES string of the molecule is CCCNC(Cc1ccc(F)c(F)c1)c1cncs1. The second-order valence-corrected chi connectivity index (χ2v) is 5.28. The molecule has 1 aromatic heterocycles. The van der Waals surface area contributed by atoms with Crippen molar-refractivity contribution in [3.63, 3.8) is 0 Å². The van der Waals surface area contributed by atoms with Crippen LogP contribution in [0.5, 0.6) is 0 Å². The van der Waals surface area contributed by atoms with Crippen LogP contribution in [-0.4, -0.2) is 11.5 Å². The van der Waals surface area contributed by atoms with Gasteiger partial charge in [-0.3, -0.25) is 4.98 Å². The Morgan fingerprint density at radius 2 is 2.16 bits per heavy atom. The van der Waals surface area contributed by atoms with E-state index in [1.165, 1.54) is 12.1 Å². The molecule has 0 fully saturated rings. The summed E-state index contributed by atoms with van der Waals surface area (Å²) in [7, 11) is 0. The van der Waals surface area contributed by atoms with Crippen molar-refractivity contribution in [1.29, 1.82) is 0 Å². The van der Waals surface area contributed by atoms with E-state index in [1.807, 2.05) is 6.20 Å². The molecule has 1 aromatic carbocycles. The smallest absolute Gasteiger partial charge is 0.159 e. The number of halogens is 2. The molecule has 19 heavy (non-hydrogen) atoms. The Balaban J connectivity index is 2.13. The summed E-state index contributed by atoms with van der Waals surface area (Å²) in [5, 5.41) is 3.41. The average molecular weight is 282 g/mol. The number of nitrogens with one attached hydrogen (secondary N) is 1. The molecule has 1 atom stereocenters. The molecule has 0 bridgehead atoms. The van der Waals surface area contributed by atoms with Gasteiger partial charge in [0.25, 0.3) is 0 Å². The van der Waals surface area contributed by atoms with E-state index in [0.717, 1.165) is 23.4 Å². The molecule has 0 saturated heterocycles. The van der Waals surface area contributed by atoms with Crippen LogP contribution in [-0.2, 0) is 6.42 Å². The Bertz CT molecular complexity index is 514. The van der Waals surface area contributed by atoms with E-state index in [1.54, 1.807) is 22.9 Å². The first-order chi connectivity index (χ1) is 9.20. The van der Waals surface area contributed by atoms with Gasteiger partial charge >= 0.3 is 0 Å². The van der Waals surface area contributed by atoms with Crippen molar-refractivity contribution in [1.82, 2.24) is 10.3 Å². The van der Waals surface area contributed by atoms with E-state index in [4.69, 9.17) is 0 Å². The number of benzene rings is 1. The van der Waals surface area contributed by atoms with Gasteiger partial charge in [-0.05, 0) is 37.1 Å². The molecule has 0 radical (unpaired) electrons. The minimum absolute atomic E-state index is 0.0947. The summed E-state index contributed by atoms with van der Waals surface area (Å²) >= 11 is 1.57. The summed E-state index contributed by atoms with van der Waals surface area (Å²) in [5.41, 5.74) is 2.56. The number of aromatic nitrogens is 1. The van der Waals surface area contributed by atoms with E-state index in [0.29, 0.717) is 6.42 Å². The minimum atomic E-state index is -0.806. The van der Waals surface area contributed by atoms with Crippen LogP contribution in [0.2, 0.25) is 0 Å². The first kappa shape index (κ1) is 14.1. The van der Waals surface area contributed by atoms with Crippen molar-refractivity contribution in [2.45, 2.75) is 25.8 Å². The Kier molecular flexibility index (Phi) is 4.99. The molecule has 102 valence electrons. The number of hydrogen-bond acceptors (Lipinski definition) is 3. The molecule has 0 amide bonds. The number of rotatable bonds is 6. The number of thiazole rings is 1. The van der Waals surface area contributed by atoms with Gasteiger partial charge in [0.05, 0.1) is 5.51 Å². The third-order valence-corrected chi connectivity index (χ3v) is 3.75. The fourth-order valence-electron chi connectivity index (χ4n) is 1.89. The zero-order valence-electron chi connectivity index (χ0n) is 10.7. The number of nitrogens with zero attached hydrogens (tertiary/aromatic N) is 1. The Morgan fingerprint density at radius 1 is 1.32 bits per heavy atom. The van der Waals surface area contributed by atoms with Crippen molar-refractivity contribution in [2.75, 3.05) is 6.54 Å². The zero-order chi connectivity index (χ0) is 13.7. The molecule has 0 aliphatic heterocycles. The van der Waals surface area contributed by atoms with Crippen LogP contribution in [0.3, 0.4) is 0 Å². The molecule has 5 heteroatoms. The maximum Gasteiger partial charge on any atom is 0.159 e. The lowest BCUT2D eigenvalue weighted by Crippen LogP contribution is -2.23. The molecule has 0 aliphatic carbocycles. The van der Waals surface area contributed by atoms with E-state index in [-0.39, 0.29) is 6.04 Å². The molecule has 0 spiro atoms. The van der Waals surface area contributed by atoms with Crippen molar-refractivity contribution in [3.05, 3.63) is 52.0 Å². The quantitative estimate of drug-likeness (QED) is 0.873. The molecule has 1 N–H and O–H groups in total. The van der Waals surface area contributed by atoms with Gasteiger partial charge in [0, 0.05) is 17.1 Å². The van der Waals surface area contributed by atoms with E-state index >= 15 is 0 Å². The second-order valence-electron chi connectivity index (χ2n) is 4.36. The predicted octanol–water partition coefficient (Wildman–Crippen LogP) is 3.70. The third kappa shape index (κ3) is 3.81. The van der Waals surface area contributed by atoms with Crippen molar-refractivity contribution < 1.29 is 8.78 Å². The highest BCUT2D eigenvalue weighted by atomic mass is 32.1. The monoisotopic (exact) mass is 282 g/mol. The van der Waals surface area contributed by atoms with Crippen LogP contribution in [0.4, 0.5) is 8.78 Å². The normalized spacial score (nSPS) is 12.6. The van der Waals surface area contributed by atoms with E-state index in [9.17, 15) is 8.78 Å². The summed E-state index contributed by atoms with van der Waals surface area (Å²) in [4.78, 5) is 5.18. The van der Waals surface area contributed by atoms with Gasteiger partial charge in [-0.15, -0.1) is 11.3 Å². The average Bonchev–Trinajstić information content (AvgIpc) is 2.92. The van der Waals surface area contributed by atoms with Crippen molar-refractivity contribution >= 4 is 11.3 Å². The summed E-state index contributed by atoms with van der Waals surface area (Å²) in [6, 6.07) is 4.16. The molecule has 0 saturated carbocycles. The fourth-order valence-corrected chi connectivity index (χ4v) is 2.59. The van der Waals surface area contributed by atoms with Gasteiger partial charge < -0.3 is 5.32 Å². The summed E-state index contributed by atoms with van der Waals surface area (Å²) < 4.78 is 26.1. The van der Waals surface area contributed by atoms with Gasteiger partial charge in [0.1, 0.15) is 0 Å². The third-order valence-electron chi connectivity index (χ3n) is 2.86. The largest absolute Gasteiger partial charge is 0.309 e. The van der Waals surface area contributed by atoms with E-state index < -0.39 is 11.6 Å². The molecule has 2 aromatic rings. The standard InChI is InChI=1S/C14H16F2N2S/c1-2-5-18-13(14-8-17-9-19-14)7-10-3-4-11(15)12(16)6-10/h3-4,6,8-9,13,18H,2,5,7H2,1H3.